The Hall–Kier alpha value is -1.92. The molecule has 0 aliphatic carbocycles. The van der Waals surface area contributed by atoms with Crippen LogP contribution in [-0.2, 0) is 11.2 Å². The molecule has 0 atom stereocenters. The summed E-state index contributed by atoms with van der Waals surface area (Å²) in [5.41, 5.74) is 6.28. The van der Waals surface area contributed by atoms with Crippen molar-refractivity contribution >= 4 is 11.9 Å². The number of primary amides is 1. The van der Waals surface area contributed by atoms with Crippen molar-refractivity contribution in [3.8, 4) is 0 Å². The fourth-order valence-electron chi connectivity index (χ4n) is 2.63. The van der Waals surface area contributed by atoms with Gasteiger partial charge in [0.2, 0.25) is 5.91 Å². The van der Waals surface area contributed by atoms with E-state index in [-0.39, 0.29) is 5.91 Å². The van der Waals surface area contributed by atoms with E-state index in [0.717, 1.165) is 39.1 Å². The van der Waals surface area contributed by atoms with Gasteiger partial charge in [0, 0.05) is 45.7 Å². The number of nitrogens with one attached hydrogen (secondary N) is 1. The lowest BCUT2D eigenvalue weighted by atomic mass is 10.1. The van der Waals surface area contributed by atoms with E-state index >= 15 is 0 Å². The van der Waals surface area contributed by atoms with Crippen LogP contribution in [0, 0.1) is 0 Å². The van der Waals surface area contributed by atoms with Crippen LogP contribution in [0.5, 0.6) is 0 Å². The number of nitrogens with zero attached hydrogens (tertiary/aromatic N) is 2. The van der Waals surface area contributed by atoms with Crippen molar-refractivity contribution in [2.45, 2.75) is 12.8 Å². The van der Waals surface area contributed by atoms with Gasteiger partial charge < -0.3 is 15.5 Å². The van der Waals surface area contributed by atoms with Crippen molar-refractivity contribution in [1.29, 1.82) is 0 Å². The van der Waals surface area contributed by atoms with Crippen LogP contribution in [0.25, 0.3) is 0 Å². The summed E-state index contributed by atoms with van der Waals surface area (Å²) in [5.74, 6) is -0.306. The molecule has 0 radical (unpaired) electrons. The molecule has 0 aromatic heterocycles. The standard InChI is InChI=1S/C16H24N4O2/c17-16(22)18-15(21)7-9-20-12-10-19(11-13-20)8-6-14-4-2-1-3-5-14/h1-5H,6-13H2,(H3,17,18,21,22). The summed E-state index contributed by atoms with van der Waals surface area (Å²) in [6.45, 7) is 5.69. The predicted molar refractivity (Wildman–Crippen MR) is 85.4 cm³/mol. The van der Waals surface area contributed by atoms with Gasteiger partial charge in [-0.2, -0.15) is 0 Å². The average Bonchev–Trinajstić information content (AvgIpc) is 2.52. The second kappa shape index (κ2) is 8.51. The number of nitrogens with two attached hydrogens (primary N) is 1. The molecular formula is C16H24N4O2. The summed E-state index contributed by atoms with van der Waals surface area (Å²) in [4.78, 5) is 26.6. The molecule has 1 fully saturated rings. The minimum atomic E-state index is -0.782. The maximum atomic E-state index is 11.4. The third-order valence-corrected chi connectivity index (χ3v) is 3.94. The number of hydrogen-bond acceptors (Lipinski definition) is 4. The number of rotatable bonds is 6. The summed E-state index contributed by atoms with van der Waals surface area (Å²) in [7, 11) is 0. The molecule has 1 aliphatic rings. The van der Waals surface area contributed by atoms with E-state index in [9.17, 15) is 9.59 Å². The molecule has 1 aromatic rings. The Morgan fingerprint density at radius 2 is 1.59 bits per heavy atom. The molecule has 0 bridgehead atoms. The minimum Gasteiger partial charge on any atom is -0.351 e. The first-order valence-corrected chi connectivity index (χ1v) is 7.71. The second-order valence-corrected chi connectivity index (χ2v) is 5.58. The number of imide groups is 1. The number of carbonyl (C=O) groups excluding carboxylic acids is 2. The molecule has 22 heavy (non-hydrogen) atoms. The quantitative estimate of drug-likeness (QED) is 0.799. The van der Waals surface area contributed by atoms with E-state index < -0.39 is 6.03 Å². The van der Waals surface area contributed by atoms with Gasteiger partial charge in [-0.05, 0) is 12.0 Å². The molecule has 120 valence electrons. The molecule has 1 aliphatic heterocycles. The molecule has 0 saturated carbocycles. The number of amides is 3. The molecule has 0 unspecified atom stereocenters. The van der Waals surface area contributed by atoms with Crippen molar-refractivity contribution in [1.82, 2.24) is 15.1 Å². The van der Waals surface area contributed by atoms with E-state index in [1.807, 2.05) is 6.07 Å². The van der Waals surface area contributed by atoms with Gasteiger partial charge in [-0.3, -0.25) is 10.1 Å². The minimum absolute atomic E-state index is 0.306. The van der Waals surface area contributed by atoms with Crippen LogP contribution in [-0.4, -0.2) is 61.0 Å². The smallest absolute Gasteiger partial charge is 0.318 e. The summed E-state index contributed by atoms with van der Waals surface area (Å²) < 4.78 is 0. The summed E-state index contributed by atoms with van der Waals surface area (Å²) >= 11 is 0. The Kier molecular flexibility index (Phi) is 6.36. The number of hydrogen-bond donors (Lipinski definition) is 2. The first kappa shape index (κ1) is 16.5. The Labute approximate surface area is 131 Å². The highest BCUT2D eigenvalue weighted by atomic mass is 16.2. The third-order valence-electron chi connectivity index (χ3n) is 3.94. The fourth-order valence-corrected chi connectivity index (χ4v) is 2.63. The van der Waals surface area contributed by atoms with Crippen molar-refractivity contribution in [2.24, 2.45) is 5.73 Å². The van der Waals surface area contributed by atoms with Crippen LogP contribution in [0.2, 0.25) is 0 Å². The Bertz CT molecular complexity index is 484. The van der Waals surface area contributed by atoms with Crippen LogP contribution >= 0.6 is 0 Å². The van der Waals surface area contributed by atoms with Crippen molar-refractivity contribution in [3.63, 3.8) is 0 Å². The SMILES string of the molecule is NC(=O)NC(=O)CCN1CCN(CCc2ccccc2)CC1. The zero-order valence-electron chi connectivity index (χ0n) is 12.8. The van der Waals surface area contributed by atoms with Crippen LogP contribution in [0.4, 0.5) is 4.79 Å². The van der Waals surface area contributed by atoms with Gasteiger partial charge in [-0.1, -0.05) is 30.3 Å². The van der Waals surface area contributed by atoms with Gasteiger partial charge in [-0.15, -0.1) is 0 Å². The first-order chi connectivity index (χ1) is 10.6. The lowest BCUT2D eigenvalue weighted by Crippen LogP contribution is -2.48. The number of urea groups is 1. The molecule has 6 nitrogen and oxygen atoms in total. The molecular weight excluding hydrogens is 280 g/mol. The van der Waals surface area contributed by atoms with Gasteiger partial charge in [0.05, 0.1) is 0 Å². The monoisotopic (exact) mass is 304 g/mol. The Morgan fingerprint density at radius 3 is 2.18 bits per heavy atom. The molecule has 1 saturated heterocycles. The maximum Gasteiger partial charge on any atom is 0.318 e. The molecule has 0 spiro atoms. The van der Waals surface area contributed by atoms with Gasteiger partial charge in [0.15, 0.2) is 0 Å². The first-order valence-electron chi connectivity index (χ1n) is 7.71. The lowest BCUT2D eigenvalue weighted by molar-refractivity contribution is -0.120. The van der Waals surface area contributed by atoms with Crippen LogP contribution in [0.3, 0.4) is 0 Å². The van der Waals surface area contributed by atoms with Crippen LogP contribution in [0.1, 0.15) is 12.0 Å². The average molecular weight is 304 g/mol. The highest BCUT2D eigenvalue weighted by molar-refractivity contribution is 5.93. The highest BCUT2D eigenvalue weighted by Crippen LogP contribution is 2.06. The van der Waals surface area contributed by atoms with Crippen LogP contribution in [0.15, 0.2) is 30.3 Å². The maximum absolute atomic E-state index is 11.4. The molecule has 3 amide bonds. The number of carbonyl (C=O) groups is 2. The van der Waals surface area contributed by atoms with E-state index in [4.69, 9.17) is 5.73 Å². The molecule has 1 heterocycles. The molecule has 6 heteroatoms. The summed E-state index contributed by atoms with van der Waals surface area (Å²) in [6, 6.07) is 9.72. The van der Waals surface area contributed by atoms with Gasteiger partial charge in [0.25, 0.3) is 0 Å². The number of piperazine rings is 1. The lowest BCUT2D eigenvalue weighted by Gasteiger charge is -2.34. The Morgan fingerprint density at radius 1 is 1.00 bits per heavy atom. The van der Waals surface area contributed by atoms with Crippen molar-refractivity contribution in [2.75, 3.05) is 39.3 Å². The van der Waals surface area contributed by atoms with E-state index in [1.165, 1.54) is 5.56 Å². The zero-order valence-corrected chi connectivity index (χ0v) is 12.8. The molecule has 2 rings (SSSR count). The molecule has 1 aromatic carbocycles. The van der Waals surface area contributed by atoms with Gasteiger partial charge in [-0.25, -0.2) is 4.79 Å². The van der Waals surface area contributed by atoms with Gasteiger partial charge >= 0.3 is 6.03 Å². The summed E-state index contributed by atoms with van der Waals surface area (Å²) in [6.07, 6.45) is 1.38. The normalized spacial score (nSPS) is 16.4. The van der Waals surface area contributed by atoms with E-state index in [1.54, 1.807) is 0 Å². The fraction of sp³-hybridized carbons (Fsp3) is 0.500. The summed E-state index contributed by atoms with van der Waals surface area (Å²) in [5, 5.41) is 2.09. The molecule has 3 N–H and O–H groups in total. The van der Waals surface area contributed by atoms with E-state index in [2.05, 4.69) is 39.4 Å². The highest BCUT2D eigenvalue weighted by Gasteiger charge is 2.17. The third kappa shape index (κ3) is 5.83. The van der Waals surface area contributed by atoms with Crippen LogP contribution < -0.4 is 11.1 Å². The van der Waals surface area contributed by atoms with Crippen molar-refractivity contribution < 1.29 is 9.59 Å². The second-order valence-electron chi connectivity index (χ2n) is 5.58. The topological polar surface area (TPSA) is 78.7 Å². The largest absolute Gasteiger partial charge is 0.351 e. The zero-order chi connectivity index (χ0) is 15.8. The Balaban J connectivity index is 1.61. The van der Waals surface area contributed by atoms with Crippen molar-refractivity contribution in [3.05, 3.63) is 35.9 Å². The number of benzene rings is 1. The van der Waals surface area contributed by atoms with Gasteiger partial charge in [0.1, 0.15) is 0 Å². The predicted octanol–water partition coefficient (Wildman–Crippen LogP) is 0.432. The van der Waals surface area contributed by atoms with E-state index in [0.29, 0.717) is 13.0 Å².